The number of pyridine rings is 1. The Labute approximate surface area is 96.6 Å². The molecule has 0 aromatic carbocycles. The van der Waals surface area contributed by atoms with E-state index in [1.807, 2.05) is 0 Å². The van der Waals surface area contributed by atoms with E-state index >= 15 is 0 Å². The van der Waals surface area contributed by atoms with Gasteiger partial charge in [0.15, 0.2) is 0 Å². The molecule has 0 radical (unpaired) electrons. The van der Waals surface area contributed by atoms with Gasteiger partial charge in [0.2, 0.25) is 0 Å². The summed E-state index contributed by atoms with van der Waals surface area (Å²) < 4.78 is 47.0. The molecule has 0 saturated heterocycles. The smallest absolute Gasteiger partial charge is 0.322 e. The van der Waals surface area contributed by atoms with Crippen LogP contribution in [0, 0.1) is 10.1 Å². The Hall–Kier alpha value is -1.55. The number of halogens is 3. The van der Waals surface area contributed by atoms with Gasteiger partial charge in [-0.15, -0.1) is 0 Å². The van der Waals surface area contributed by atoms with Crippen molar-refractivity contribution in [1.29, 1.82) is 0 Å². The van der Waals surface area contributed by atoms with Crippen LogP contribution in [0.2, 0.25) is 0 Å². The molecule has 1 heterocycles. The Bertz CT molecular complexity index is 626. The molecule has 0 aliphatic heterocycles. The van der Waals surface area contributed by atoms with E-state index in [1.165, 1.54) is 0 Å². The molecular formula is C6H3ClF2N2O5S. The van der Waals surface area contributed by atoms with Crippen molar-refractivity contribution in [3.63, 3.8) is 0 Å². The Kier molecular flexibility index (Phi) is 3.48. The molecule has 0 fully saturated rings. The second-order valence-corrected chi connectivity index (χ2v) is 5.27. The second-order valence-electron chi connectivity index (χ2n) is 2.74. The molecule has 1 aromatic rings. The molecular weight excluding hydrogens is 286 g/mol. The Morgan fingerprint density at radius 3 is 2.35 bits per heavy atom. The van der Waals surface area contributed by atoms with Crippen molar-refractivity contribution in [2.24, 2.45) is 0 Å². The maximum atomic E-state index is 12.6. The molecule has 1 rings (SSSR count). The van der Waals surface area contributed by atoms with Crippen molar-refractivity contribution in [2.75, 3.05) is 0 Å². The van der Waals surface area contributed by atoms with E-state index in [1.54, 1.807) is 4.98 Å². The van der Waals surface area contributed by atoms with Crippen molar-refractivity contribution in [1.82, 2.24) is 4.98 Å². The third-order valence-corrected chi connectivity index (χ3v) is 3.10. The van der Waals surface area contributed by atoms with Gasteiger partial charge in [-0.05, 0) is 0 Å². The molecule has 1 aromatic heterocycles. The van der Waals surface area contributed by atoms with Crippen LogP contribution in [0.3, 0.4) is 0 Å². The second kappa shape index (κ2) is 4.37. The molecule has 0 aliphatic rings. The predicted molar refractivity (Wildman–Crippen MR) is 51.7 cm³/mol. The van der Waals surface area contributed by atoms with Gasteiger partial charge in [0, 0.05) is 16.9 Å². The number of alkyl halides is 2. The van der Waals surface area contributed by atoms with Gasteiger partial charge >= 0.3 is 11.2 Å². The zero-order valence-corrected chi connectivity index (χ0v) is 9.26. The van der Waals surface area contributed by atoms with Crippen LogP contribution in [-0.4, -0.2) is 18.3 Å². The van der Waals surface area contributed by atoms with Gasteiger partial charge < -0.3 is 4.98 Å². The quantitative estimate of drug-likeness (QED) is 0.509. The summed E-state index contributed by atoms with van der Waals surface area (Å²) in [5.74, 6) is 0. The van der Waals surface area contributed by atoms with Crippen molar-refractivity contribution in [3.8, 4) is 0 Å². The van der Waals surface area contributed by atoms with Crippen LogP contribution in [0.4, 0.5) is 14.5 Å². The molecule has 0 spiro atoms. The highest BCUT2D eigenvalue weighted by molar-refractivity contribution is 8.13. The first-order chi connectivity index (χ1) is 7.66. The van der Waals surface area contributed by atoms with Crippen LogP contribution in [0.1, 0.15) is 12.0 Å². The van der Waals surface area contributed by atoms with Crippen molar-refractivity contribution in [2.45, 2.75) is 11.3 Å². The highest BCUT2D eigenvalue weighted by Crippen LogP contribution is 2.32. The summed E-state index contributed by atoms with van der Waals surface area (Å²) in [6, 6.07) is 0. The highest BCUT2D eigenvalue weighted by atomic mass is 35.7. The number of nitro groups is 1. The van der Waals surface area contributed by atoms with Gasteiger partial charge in [-0.25, -0.2) is 17.2 Å². The summed E-state index contributed by atoms with van der Waals surface area (Å²) in [5.41, 5.74) is -4.50. The maximum Gasteiger partial charge on any atom is 0.344 e. The summed E-state index contributed by atoms with van der Waals surface area (Å²) in [6.45, 7) is 0. The topological polar surface area (TPSA) is 110 Å². The standard InChI is InChI=1S/C6H3ClF2N2O5S/c7-17(15,16)2-1-10-6(12)4(11(13)14)3(2)5(8)9/h1,5H,(H,10,12). The molecule has 0 aliphatic carbocycles. The molecule has 0 saturated carbocycles. The molecule has 0 bridgehead atoms. The van der Waals surface area contributed by atoms with E-state index in [2.05, 4.69) is 0 Å². The predicted octanol–water partition coefficient (Wildman–Crippen LogP) is 1.15. The SMILES string of the molecule is O=c1[nH]cc(S(=O)(=O)Cl)c(C(F)F)c1[N+](=O)[O-]. The van der Waals surface area contributed by atoms with Gasteiger partial charge in [0.05, 0.1) is 4.92 Å². The van der Waals surface area contributed by atoms with Crippen LogP contribution in [0.15, 0.2) is 15.9 Å². The summed E-state index contributed by atoms with van der Waals surface area (Å²) in [6.07, 6.45) is -3.14. The highest BCUT2D eigenvalue weighted by Gasteiger charge is 2.33. The molecule has 11 heteroatoms. The normalized spacial score (nSPS) is 11.8. The fourth-order valence-corrected chi connectivity index (χ4v) is 2.14. The van der Waals surface area contributed by atoms with Crippen LogP contribution in [0.5, 0.6) is 0 Å². The number of nitrogens with one attached hydrogen (secondary N) is 1. The lowest BCUT2D eigenvalue weighted by Crippen LogP contribution is -2.17. The Morgan fingerprint density at radius 1 is 1.47 bits per heavy atom. The Balaban J connectivity index is 3.85. The third-order valence-electron chi connectivity index (χ3n) is 1.73. The average molecular weight is 289 g/mol. The fraction of sp³-hybridized carbons (Fsp3) is 0.167. The van der Waals surface area contributed by atoms with Gasteiger partial charge in [0.1, 0.15) is 10.5 Å². The van der Waals surface area contributed by atoms with Crippen LogP contribution >= 0.6 is 10.7 Å². The molecule has 94 valence electrons. The number of hydrogen-bond donors (Lipinski definition) is 1. The summed E-state index contributed by atoms with van der Waals surface area (Å²) in [5, 5.41) is 10.4. The molecule has 0 unspecified atom stereocenters. The number of hydrogen-bond acceptors (Lipinski definition) is 5. The number of nitrogens with zero attached hydrogens (tertiary/aromatic N) is 1. The summed E-state index contributed by atoms with van der Waals surface area (Å²) in [4.78, 5) is 20.5. The number of rotatable bonds is 3. The monoisotopic (exact) mass is 288 g/mol. The van der Waals surface area contributed by atoms with E-state index in [0.29, 0.717) is 6.20 Å². The first-order valence-corrected chi connectivity index (χ1v) is 6.10. The number of aromatic amines is 1. The van der Waals surface area contributed by atoms with Gasteiger partial charge in [-0.3, -0.25) is 14.9 Å². The van der Waals surface area contributed by atoms with Crippen molar-refractivity contribution in [3.05, 3.63) is 32.2 Å². The largest absolute Gasteiger partial charge is 0.344 e. The van der Waals surface area contributed by atoms with Crippen LogP contribution in [-0.2, 0) is 9.05 Å². The van der Waals surface area contributed by atoms with Crippen molar-refractivity contribution < 1.29 is 22.1 Å². The minimum absolute atomic E-state index is 0.388. The van der Waals surface area contributed by atoms with E-state index < -0.39 is 42.1 Å². The maximum absolute atomic E-state index is 12.6. The average Bonchev–Trinajstić information content (AvgIpc) is 2.14. The summed E-state index contributed by atoms with van der Waals surface area (Å²) >= 11 is 0. The van der Waals surface area contributed by atoms with E-state index in [4.69, 9.17) is 10.7 Å². The van der Waals surface area contributed by atoms with E-state index in [-0.39, 0.29) is 0 Å². The minimum Gasteiger partial charge on any atom is -0.322 e. The zero-order chi connectivity index (χ0) is 13.4. The van der Waals surface area contributed by atoms with Gasteiger partial charge in [0.25, 0.3) is 15.5 Å². The van der Waals surface area contributed by atoms with Crippen LogP contribution < -0.4 is 5.56 Å². The lowest BCUT2D eigenvalue weighted by Gasteiger charge is -2.05. The summed E-state index contributed by atoms with van der Waals surface area (Å²) in [7, 11) is 0.197. The van der Waals surface area contributed by atoms with E-state index in [9.17, 15) is 32.1 Å². The van der Waals surface area contributed by atoms with Gasteiger partial charge in [-0.1, -0.05) is 0 Å². The fourth-order valence-electron chi connectivity index (χ4n) is 1.11. The number of H-pyrrole nitrogens is 1. The molecule has 7 nitrogen and oxygen atoms in total. The van der Waals surface area contributed by atoms with Gasteiger partial charge in [-0.2, -0.15) is 0 Å². The van der Waals surface area contributed by atoms with Crippen LogP contribution in [0.25, 0.3) is 0 Å². The zero-order valence-electron chi connectivity index (χ0n) is 7.69. The van der Waals surface area contributed by atoms with E-state index in [0.717, 1.165) is 0 Å². The lowest BCUT2D eigenvalue weighted by molar-refractivity contribution is -0.388. The third kappa shape index (κ3) is 2.58. The minimum atomic E-state index is -4.63. The number of aromatic nitrogens is 1. The molecule has 1 N–H and O–H groups in total. The molecule has 0 amide bonds. The Morgan fingerprint density at radius 2 is 2.00 bits per heavy atom. The lowest BCUT2D eigenvalue weighted by atomic mass is 10.2. The van der Waals surface area contributed by atoms with Crippen molar-refractivity contribution >= 4 is 25.4 Å². The molecule has 17 heavy (non-hydrogen) atoms. The molecule has 0 atom stereocenters. The first kappa shape index (κ1) is 13.5. The first-order valence-electron chi connectivity index (χ1n) is 3.79.